The van der Waals surface area contributed by atoms with E-state index in [1.54, 1.807) is 7.11 Å². The van der Waals surface area contributed by atoms with Gasteiger partial charge in [-0.3, -0.25) is 0 Å². The van der Waals surface area contributed by atoms with Crippen molar-refractivity contribution in [2.75, 3.05) is 20.3 Å². The number of carbonyl (C=O) groups is 1. The van der Waals surface area contributed by atoms with Crippen LogP contribution in [0.15, 0.2) is 24.3 Å². The van der Waals surface area contributed by atoms with Crippen LogP contribution in [0, 0.1) is 0 Å². The van der Waals surface area contributed by atoms with Gasteiger partial charge >= 0.3 is 6.03 Å². The van der Waals surface area contributed by atoms with Crippen LogP contribution in [-0.4, -0.2) is 38.4 Å². The van der Waals surface area contributed by atoms with E-state index in [0.717, 1.165) is 24.2 Å². The molecule has 23 heavy (non-hydrogen) atoms. The molecule has 1 fully saturated rings. The number of carbonyl (C=O) groups excluding carboxylic acids is 1. The molecule has 2 atom stereocenters. The second-order valence-corrected chi connectivity index (χ2v) is 6.85. The van der Waals surface area contributed by atoms with Gasteiger partial charge in [0.05, 0.1) is 13.2 Å². The Balaban J connectivity index is 1.86. The minimum atomic E-state index is -0.172. The van der Waals surface area contributed by atoms with Crippen LogP contribution >= 0.6 is 0 Å². The van der Waals surface area contributed by atoms with E-state index in [9.17, 15) is 4.79 Å². The second kappa shape index (κ2) is 7.68. The van der Waals surface area contributed by atoms with Crippen molar-refractivity contribution in [2.24, 2.45) is 0 Å². The summed E-state index contributed by atoms with van der Waals surface area (Å²) in [5.74, 6) is 0.830. The SMILES string of the molecule is COc1cccc(C(C)(C)CNC(=O)N[C@H]2CCO[C@@H](C)C2)c1. The highest BCUT2D eigenvalue weighted by atomic mass is 16.5. The highest BCUT2D eigenvalue weighted by Crippen LogP contribution is 2.25. The number of methoxy groups -OCH3 is 1. The number of hydrogen-bond acceptors (Lipinski definition) is 3. The third kappa shape index (κ3) is 5.13. The topological polar surface area (TPSA) is 59.6 Å². The number of urea groups is 1. The van der Waals surface area contributed by atoms with Gasteiger partial charge in [-0.2, -0.15) is 0 Å². The zero-order chi connectivity index (χ0) is 16.9. The van der Waals surface area contributed by atoms with Gasteiger partial charge in [0.15, 0.2) is 0 Å². The summed E-state index contributed by atoms with van der Waals surface area (Å²) in [4.78, 5) is 12.1. The predicted octanol–water partition coefficient (Wildman–Crippen LogP) is 2.84. The third-order valence-electron chi connectivity index (χ3n) is 4.36. The Kier molecular flexibility index (Phi) is 5.88. The molecule has 0 spiro atoms. The van der Waals surface area contributed by atoms with Gasteiger partial charge < -0.3 is 20.1 Å². The molecule has 1 aromatic carbocycles. The fourth-order valence-electron chi connectivity index (χ4n) is 2.81. The third-order valence-corrected chi connectivity index (χ3v) is 4.36. The number of amides is 2. The molecule has 0 saturated carbocycles. The molecule has 128 valence electrons. The first-order chi connectivity index (χ1) is 10.9. The minimum Gasteiger partial charge on any atom is -0.497 e. The Hall–Kier alpha value is -1.75. The summed E-state index contributed by atoms with van der Waals surface area (Å²) in [7, 11) is 1.66. The number of benzene rings is 1. The molecule has 1 aromatic rings. The molecule has 5 heteroatoms. The largest absolute Gasteiger partial charge is 0.497 e. The van der Waals surface area contributed by atoms with Crippen molar-refractivity contribution in [3.8, 4) is 5.75 Å². The molecule has 2 amide bonds. The maximum Gasteiger partial charge on any atom is 0.315 e. The molecular weight excluding hydrogens is 292 g/mol. The van der Waals surface area contributed by atoms with Crippen LogP contribution in [-0.2, 0) is 10.2 Å². The summed E-state index contributed by atoms with van der Waals surface area (Å²) in [5.41, 5.74) is 0.964. The summed E-state index contributed by atoms with van der Waals surface area (Å²) < 4.78 is 10.8. The Bertz CT molecular complexity index is 531. The highest BCUT2D eigenvalue weighted by molar-refractivity contribution is 5.74. The maximum absolute atomic E-state index is 12.1. The van der Waals surface area contributed by atoms with Crippen molar-refractivity contribution >= 4 is 6.03 Å². The molecule has 5 nitrogen and oxygen atoms in total. The van der Waals surface area contributed by atoms with Crippen molar-refractivity contribution in [3.05, 3.63) is 29.8 Å². The average molecular weight is 320 g/mol. The zero-order valence-corrected chi connectivity index (χ0v) is 14.5. The van der Waals surface area contributed by atoms with Gasteiger partial charge in [-0.15, -0.1) is 0 Å². The monoisotopic (exact) mass is 320 g/mol. The van der Waals surface area contributed by atoms with Gasteiger partial charge in [-0.25, -0.2) is 4.79 Å². The van der Waals surface area contributed by atoms with Crippen LogP contribution < -0.4 is 15.4 Å². The van der Waals surface area contributed by atoms with Crippen LogP contribution in [0.25, 0.3) is 0 Å². The fourth-order valence-corrected chi connectivity index (χ4v) is 2.81. The van der Waals surface area contributed by atoms with Crippen LogP contribution in [0.4, 0.5) is 4.79 Å². The van der Waals surface area contributed by atoms with Crippen molar-refractivity contribution in [2.45, 2.75) is 51.2 Å². The molecule has 1 heterocycles. The first-order valence-electron chi connectivity index (χ1n) is 8.21. The Morgan fingerprint density at radius 1 is 1.43 bits per heavy atom. The summed E-state index contributed by atoms with van der Waals surface area (Å²) >= 11 is 0. The lowest BCUT2D eigenvalue weighted by atomic mass is 9.84. The number of hydrogen-bond donors (Lipinski definition) is 2. The standard InChI is InChI=1S/C18H28N2O3/c1-13-10-15(8-9-23-13)20-17(21)19-12-18(2,3)14-6-5-7-16(11-14)22-4/h5-7,11,13,15H,8-10,12H2,1-4H3,(H2,19,20,21)/t13-,15-/m0/s1. The normalized spacial score (nSPS) is 21.6. The van der Waals surface area contributed by atoms with Crippen LogP contribution in [0.1, 0.15) is 39.2 Å². The lowest BCUT2D eigenvalue weighted by Gasteiger charge is -2.29. The van der Waals surface area contributed by atoms with Gasteiger partial charge in [-0.1, -0.05) is 26.0 Å². The van der Waals surface area contributed by atoms with Gasteiger partial charge in [0.2, 0.25) is 0 Å². The van der Waals surface area contributed by atoms with E-state index in [1.165, 1.54) is 0 Å². The van der Waals surface area contributed by atoms with E-state index in [4.69, 9.17) is 9.47 Å². The summed E-state index contributed by atoms with van der Waals surface area (Å²) in [6.07, 6.45) is 1.95. The quantitative estimate of drug-likeness (QED) is 0.877. The highest BCUT2D eigenvalue weighted by Gasteiger charge is 2.24. The molecule has 0 unspecified atom stereocenters. The summed E-state index contributed by atoms with van der Waals surface area (Å²) in [6, 6.07) is 8.05. The van der Waals surface area contributed by atoms with Crippen molar-refractivity contribution in [1.82, 2.24) is 10.6 Å². The van der Waals surface area contributed by atoms with Crippen molar-refractivity contribution in [3.63, 3.8) is 0 Å². The maximum atomic E-state index is 12.1. The number of nitrogens with one attached hydrogen (secondary N) is 2. The lowest BCUT2D eigenvalue weighted by Crippen LogP contribution is -2.48. The van der Waals surface area contributed by atoms with E-state index in [1.807, 2.05) is 25.1 Å². The van der Waals surface area contributed by atoms with E-state index in [2.05, 4.69) is 30.5 Å². The van der Waals surface area contributed by atoms with Crippen molar-refractivity contribution < 1.29 is 14.3 Å². The van der Waals surface area contributed by atoms with Gasteiger partial charge in [0.25, 0.3) is 0 Å². The molecule has 2 N–H and O–H groups in total. The Morgan fingerprint density at radius 2 is 2.22 bits per heavy atom. The molecular formula is C18H28N2O3. The Labute approximate surface area is 138 Å². The molecule has 1 aliphatic heterocycles. The van der Waals surface area contributed by atoms with E-state index < -0.39 is 0 Å². The fraction of sp³-hybridized carbons (Fsp3) is 0.611. The minimum absolute atomic E-state index is 0.111. The first-order valence-corrected chi connectivity index (χ1v) is 8.21. The van der Waals surface area contributed by atoms with E-state index in [0.29, 0.717) is 13.2 Å². The second-order valence-electron chi connectivity index (χ2n) is 6.85. The van der Waals surface area contributed by atoms with Crippen LogP contribution in [0.3, 0.4) is 0 Å². The van der Waals surface area contributed by atoms with Crippen molar-refractivity contribution in [1.29, 1.82) is 0 Å². The number of rotatable bonds is 5. The van der Waals surface area contributed by atoms with E-state index in [-0.39, 0.29) is 23.6 Å². The van der Waals surface area contributed by atoms with Gasteiger partial charge in [-0.05, 0) is 37.5 Å². The zero-order valence-electron chi connectivity index (χ0n) is 14.5. The predicted molar refractivity (Wildman–Crippen MR) is 91.0 cm³/mol. The molecule has 1 aliphatic rings. The molecule has 0 bridgehead atoms. The molecule has 1 saturated heterocycles. The average Bonchev–Trinajstić information content (AvgIpc) is 2.53. The molecule has 2 rings (SSSR count). The molecule has 0 aromatic heterocycles. The smallest absolute Gasteiger partial charge is 0.315 e. The summed E-state index contributed by atoms with van der Waals surface area (Å²) in [5, 5.41) is 6.03. The van der Waals surface area contributed by atoms with Gasteiger partial charge in [0.1, 0.15) is 5.75 Å². The van der Waals surface area contributed by atoms with Gasteiger partial charge in [0, 0.05) is 24.6 Å². The molecule has 0 aliphatic carbocycles. The Morgan fingerprint density at radius 3 is 2.91 bits per heavy atom. The van der Waals surface area contributed by atoms with Crippen LogP contribution in [0.2, 0.25) is 0 Å². The summed E-state index contributed by atoms with van der Waals surface area (Å²) in [6.45, 7) is 7.53. The van der Waals surface area contributed by atoms with E-state index >= 15 is 0 Å². The van der Waals surface area contributed by atoms with Crippen LogP contribution in [0.5, 0.6) is 5.75 Å². The first kappa shape index (κ1) is 17.6. The number of ether oxygens (including phenoxy) is 2. The lowest BCUT2D eigenvalue weighted by molar-refractivity contribution is 0.0154. The molecule has 0 radical (unpaired) electrons.